The lowest BCUT2D eigenvalue weighted by atomic mass is 10.1. The maximum absolute atomic E-state index is 12.7. The summed E-state index contributed by atoms with van der Waals surface area (Å²) in [5.41, 5.74) is 0.727. The molecule has 0 saturated heterocycles. The average Bonchev–Trinajstić information content (AvgIpc) is 3.27. The number of alkyl halides is 3. The first kappa shape index (κ1) is 18.6. The van der Waals surface area contributed by atoms with Gasteiger partial charge in [-0.1, -0.05) is 29.4 Å². The second kappa shape index (κ2) is 7.33. The number of hydrogen-bond acceptors (Lipinski definition) is 6. The van der Waals surface area contributed by atoms with E-state index in [0.29, 0.717) is 24.5 Å². The van der Waals surface area contributed by atoms with Crippen LogP contribution in [0.3, 0.4) is 0 Å². The van der Waals surface area contributed by atoms with Crippen molar-refractivity contribution in [3.05, 3.63) is 65.0 Å². The number of fused-ring (bicyclic) bond motifs is 1. The maximum Gasteiger partial charge on any atom is 0.416 e. The van der Waals surface area contributed by atoms with Gasteiger partial charge in [0.05, 0.1) is 28.9 Å². The third-order valence-corrected chi connectivity index (χ3v) is 5.11. The highest BCUT2D eigenvalue weighted by Crippen LogP contribution is 2.30. The van der Waals surface area contributed by atoms with Crippen molar-refractivity contribution in [1.29, 1.82) is 0 Å². The predicted molar refractivity (Wildman–Crippen MR) is 99.5 cm³/mol. The molecule has 0 spiro atoms. The van der Waals surface area contributed by atoms with Gasteiger partial charge in [0.25, 0.3) is 0 Å². The summed E-state index contributed by atoms with van der Waals surface area (Å²) in [7, 11) is 1.91. The van der Waals surface area contributed by atoms with Gasteiger partial charge in [-0.2, -0.15) is 18.2 Å². The lowest BCUT2D eigenvalue weighted by Gasteiger charge is -2.11. The van der Waals surface area contributed by atoms with Crippen molar-refractivity contribution in [3.8, 4) is 11.4 Å². The molecule has 4 aromatic rings. The van der Waals surface area contributed by atoms with Crippen molar-refractivity contribution in [2.75, 3.05) is 7.05 Å². The number of benzene rings is 2. The summed E-state index contributed by atoms with van der Waals surface area (Å²) >= 11 is 1.63. The van der Waals surface area contributed by atoms with Crippen LogP contribution in [0.4, 0.5) is 13.2 Å². The van der Waals surface area contributed by atoms with Crippen LogP contribution in [0.5, 0.6) is 0 Å². The highest BCUT2D eigenvalue weighted by atomic mass is 32.1. The number of thiazole rings is 1. The minimum atomic E-state index is -4.37. The standard InChI is InChI=1S/C19H15F3N4OS/c1-26(11-17-23-14-4-2-3-5-15(14)28-17)10-16-24-18(25-27-16)12-6-8-13(9-7-12)19(20,21)22/h2-9H,10-11H2,1H3. The van der Waals surface area contributed by atoms with Gasteiger partial charge in [-0.05, 0) is 31.3 Å². The first-order chi connectivity index (χ1) is 13.4. The Morgan fingerprint density at radius 1 is 1.00 bits per heavy atom. The smallest absolute Gasteiger partial charge is 0.338 e. The lowest BCUT2D eigenvalue weighted by Crippen LogP contribution is -2.17. The molecule has 4 rings (SSSR count). The molecule has 0 bridgehead atoms. The zero-order valence-electron chi connectivity index (χ0n) is 14.8. The van der Waals surface area contributed by atoms with E-state index < -0.39 is 11.7 Å². The monoisotopic (exact) mass is 404 g/mol. The summed E-state index contributed by atoms with van der Waals surface area (Å²) in [4.78, 5) is 10.9. The molecule has 0 atom stereocenters. The number of aromatic nitrogens is 3. The van der Waals surface area contributed by atoms with Crippen LogP contribution in [-0.4, -0.2) is 27.1 Å². The Labute approximate surface area is 162 Å². The van der Waals surface area contributed by atoms with E-state index in [4.69, 9.17) is 4.52 Å². The summed E-state index contributed by atoms with van der Waals surface area (Å²) in [5.74, 6) is 0.649. The molecular formula is C19H15F3N4OS. The van der Waals surface area contributed by atoms with Gasteiger partial charge in [0.1, 0.15) is 5.01 Å². The van der Waals surface area contributed by atoms with Crippen molar-refractivity contribution < 1.29 is 17.7 Å². The molecule has 0 unspecified atom stereocenters. The molecule has 0 fully saturated rings. The molecule has 2 aromatic carbocycles. The van der Waals surface area contributed by atoms with E-state index in [9.17, 15) is 13.2 Å². The van der Waals surface area contributed by atoms with Gasteiger partial charge < -0.3 is 4.52 Å². The summed E-state index contributed by atoms with van der Waals surface area (Å²) in [6.07, 6.45) is -4.37. The van der Waals surface area contributed by atoms with Gasteiger partial charge in [-0.3, -0.25) is 4.90 Å². The average molecular weight is 404 g/mol. The molecule has 0 radical (unpaired) electrons. The zero-order chi connectivity index (χ0) is 19.7. The van der Waals surface area contributed by atoms with Gasteiger partial charge in [0, 0.05) is 5.56 Å². The van der Waals surface area contributed by atoms with E-state index in [0.717, 1.165) is 27.4 Å². The maximum atomic E-state index is 12.7. The Morgan fingerprint density at radius 3 is 2.46 bits per heavy atom. The fourth-order valence-corrected chi connectivity index (χ4v) is 3.80. The van der Waals surface area contributed by atoms with Crippen LogP contribution in [0.25, 0.3) is 21.6 Å². The normalized spacial score (nSPS) is 12.2. The van der Waals surface area contributed by atoms with Gasteiger partial charge in [-0.25, -0.2) is 4.98 Å². The molecule has 0 aliphatic heterocycles. The minimum Gasteiger partial charge on any atom is -0.338 e. The van der Waals surface area contributed by atoms with Crippen LogP contribution in [0.15, 0.2) is 53.1 Å². The Bertz CT molecular complexity index is 1060. The third kappa shape index (κ3) is 4.05. The molecule has 2 aromatic heterocycles. The summed E-state index contributed by atoms with van der Waals surface area (Å²) < 4.78 is 44.3. The van der Waals surface area contributed by atoms with E-state index in [1.54, 1.807) is 11.3 Å². The Hall–Kier alpha value is -2.78. The summed E-state index contributed by atoms with van der Waals surface area (Å²) in [6.45, 7) is 1.03. The fourth-order valence-electron chi connectivity index (χ4n) is 2.75. The molecule has 5 nitrogen and oxygen atoms in total. The molecule has 0 N–H and O–H groups in total. The minimum absolute atomic E-state index is 0.261. The van der Waals surface area contributed by atoms with Crippen LogP contribution in [0.2, 0.25) is 0 Å². The van der Waals surface area contributed by atoms with Crippen molar-refractivity contribution >= 4 is 21.6 Å². The summed E-state index contributed by atoms with van der Waals surface area (Å²) in [5, 5.41) is 4.84. The van der Waals surface area contributed by atoms with Crippen LogP contribution >= 0.6 is 11.3 Å². The van der Waals surface area contributed by atoms with Crippen molar-refractivity contribution in [2.45, 2.75) is 19.3 Å². The van der Waals surface area contributed by atoms with E-state index in [1.807, 2.05) is 36.2 Å². The van der Waals surface area contributed by atoms with E-state index in [2.05, 4.69) is 15.1 Å². The van der Waals surface area contributed by atoms with E-state index in [1.165, 1.54) is 12.1 Å². The van der Waals surface area contributed by atoms with Gasteiger partial charge in [0.15, 0.2) is 0 Å². The molecule has 2 heterocycles. The lowest BCUT2D eigenvalue weighted by molar-refractivity contribution is -0.137. The molecule has 0 aliphatic carbocycles. The molecule has 144 valence electrons. The quantitative estimate of drug-likeness (QED) is 0.469. The Balaban J connectivity index is 1.42. The van der Waals surface area contributed by atoms with Gasteiger partial charge in [0.2, 0.25) is 11.7 Å². The van der Waals surface area contributed by atoms with Gasteiger partial charge >= 0.3 is 6.18 Å². The molecule has 0 saturated carbocycles. The Morgan fingerprint density at radius 2 is 1.75 bits per heavy atom. The first-order valence-corrected chi connectivity index (χ1v) is 9.23. The topological polar surface area (TPSA) is 55.1 Å². The highest BCUT2D eigenvalue weighted by molar-refractivity contribution is 7.18. The second-order valence-corrected chi connectivity index (χ2v) is 7.45. The fraction of sp³-hybridized carbons (Fsp3) is 0.211. The van der Waals surface area contributed by atoms with Crippen LogP contribution in [-0.2, 0) is 19.3 Å². The van der Waals surface area contributed by atoms with Crippen molar-refractivity contribution in [3.63, 3.8) is 0 Å². The molecule has 0 aliphatic rings. The highest BCUT2D eigenvalue weighted by Gasteiger charge is 2.30. The summed E-state index contributed by atoms with van der Waals surface area (Å²) in [6, 6.07) is 12.6. The SMILES string of the molecule is CN(Cc1nc(-c2ccc(C(F)(F)F)cc2)no1)Cc1nc2ccccc2s1. The number of nitrogens with zero attached hydrogens (tertiary/aromatic N) is 4. The van der Waals surface area contributed by atoms with E-state index in [-0.39, 0.29) is 5.82 Å². The Kier molecular flexibility index (Phi) is 4.86. The molecule has 28 heavy (non-hydrogen) atoms. The van der Waals surface area contributed by atoms with Crippen LogP contribution in [0.1, 0.15) is 16.5 Å². The largest absolute Gasteiger partial charge is 0.416 e. The second-order valence-electron chi connectivity index (χ2n) is 6.33. The van der Waals surface area contributed by atoms with Gasteiger partial charge in [-0.15, -0.1) is 11.3 Å². The van der Waals surface area contributed by atoms with E-state index >= 15 is 0 Å². The number of hydrogen-bond donors (Lipinski definition) is 0. The van der Waals surface area contributed by atoms with Crippen LogP contribution in [0, 0.1) is 0 Å². The number of para-hydroxylation sites is 1. The molecular weight excluding hydrogens is 389 g/mol. The third-order valence-electron chi connectivity index (χ3n) is 4.09. The molecule has 0 amide bonds. The van der Waals surface area contributed by atoms with Crippen LogP contribution < -0.4 is 0 Å². The number of rotatable bonds is 5. The van der Waals surface area contributed by atoms with Crippen molar-refractivity contribution in [1.82, 2.24) is 20.0 Å². The predicted octanol–water partition coefficient (Wildman–Crippen LogP) is 5.00. The van der Waals surface area contributed by atoms with Crippen molar-refractivity contribution in [2.24, 2.45) is 0 Å². The zero-order valence-corrected chi connectivity index (χ0v) is 15.6. The first-order valence-electron chi connectivity index (χ1n) is 8.42. The molecule has 9 heteroatoms. The number of halogens is 3.